The summed E-state index contributed by atoms with van der Waals surface area (Å²) in [6, 6.07) is 15.5. The van der Waals surface area contributed by atoms with E-state index in [1.807, 2.05) is 67.5 Å². The first-order valence-electron chi connectivity index (χ1n) is 13.3. The molecule has 5 rings (SSSR count). The molecule has 208 valence electrons. The van der Waals surface area contributed by atoms with Crippen molar-refractivity contribution < 1.29 is 18.0 Å². The van der Waals surface area contributed by atoms with E-state index in [0.717, 1.165) is 40.8 Å². The number of hydrogen-bond acceptors (Lipinski definition) is 5. The smallest absolute Gasteiger partial charge is 0.241 e. The number of fused-ring (bicyclic) bond motifs is 3. The van der Waals surface area contributed by atoms with E-state index in [-0.39, 0.29) is 17.6 Å². The van der Waals surface area contributed by atoms with E-state index >= 15 is 0 Å². The molecule has 1 spiro atoms. The average Bonchev–Trinajstić information content (AvgIpc) is 3.29. The van der Waals surface area contributed by atoms with Crippen molar-refractivity contribution in [2.24, 2.45) is 0 Å². The predicted molar refractivity (Wildman–Crippen MR) is 155 cm³/mol. The molecule has 8 nitrogen and oxygen atoms in total. The summed E-state index contributed by atoms with van der Waals surface area (Å²) in [4.78, 5) is 32.5. The van der Waals surface area contributed by atoms with Gasteiger partial charge in [0.15, 0.2) is 0 Å². The minimum atomic E-state index is -3.09. The number of amides is 2. The van der Waals surface area contributed by atoms with Crippen molar-refractivity contribution in [3.8, 4) is 0 Å². The molecule has 0 N–H and O–H groups in total. The van der Waals surface area contributed by atoms with Crippen molar-refractivity contribution in [3.63, 3.8) is 0 Å². The van der Waals surface area contributed by atoms with Crippen LogP contribution in [0, 0.1) is 0 Å². The molecule has 0 saturated carbocycles. The predicted octanol–water partition coefficient (Wildman–Crippen LogP) is 3.70. The Labute approximate surface area is 235 Å². The first kappa shape index (κ1) is 27.7. The molecule has 2 aromatic carbocycles. The number of halogens is 1. The Morgan fingerprint density at radius 1 is 1.08 bits per heavy atom. The number of sulfone groups is 1. The van der Waals surface area contributed by atoms with Crippen LogP contribution in [0.4, 0.5) is 5.69 Å². The number of likely N-dealkylation sites (tertiary alicyclic amines) is 1. The van der Waals surface area contributed by atoms with Crippen molar-refractivity contribution in [3.05, 3.63) is 64.8 Å². The molecular formula is C29H35ClN4O4S. The number of aryl methyl sites for hydroxylation is 1. The Kier molecular flexibility index (Phi) is 7.52. The summed E-state index contributed by atoms with van der Waals surface area (Å²) in [7, 11) is 0.894. The van der Waals surface area contributed by atoms with Gasteiger partial charge in [0.05, 0.1) is 12.3 Å². The highest BCUT2D eigenvalue weighted by molar-refractivity contribution is 7.90. The lowest BCUT2D eigenvalue weighted by atomic mass is 9.74. The lowest BCUT2D eigenvalue weighted by Crippen LogP contribution is -2.65. The van der Waals surface area contributed by atoms with Gasteiger partial charge in [0.2, 0.25) is 11.8 Å². The molecule has 1 aromatic heterocycles. The first-order chi connectivity index (χ1) is 18.5. The fourth-order valence-corrected chi connectivity index (χ4v) is 6.72. The maximum Gasteiger partial charge on any atom is 0.241 e. The molecule has 10 heteroatoms. The topological polar surface area (TPSA) is 82.9 Å². The molecule has 1 fully saturated rings. The minimum absolute atomic E-state index is 0.00650. The van der Waals surface area contributed by atoms with Gasteiger partial charge in [-0.15, -0.1) is 0 Å². The third-order valence-electron chi connectivity index (χ3n) is 7.80. The molecule has 3 aromatic rings. The van der Waals surface area contributed by atoms with Crippen molar-refractivity contribution in [2.75, 3.05) is 50.6 Å². The molecule has 0 unspecified atom stereocenters. The Morgan fingerprint density at radius 3 is 2.54 bits per heavy atom. The molecular weight excluding hydrogens is 536 g/mol. The normalized spacial score (nSPS) is 16.4. The second kappa shape index (κ2) is 10.6. The Balaban J connectivity index is 1.40. The summed E-state index contributed by atoms with van der Waals surface area (Å²) in [5.74, 6) is 0.188. The maximum absolute atomic E-state index is 14.0. The fourth-order valence-electron chi connectivity index (χ4n) is 5.89. The van der Waals surface area contributed by atoms with Gasteiger partial charge < -0.3 is 19.3 Å². The molecule has 39 heavy (non-hydrogen) atoms. The van der Waals surface area contributed by atoms with Crippen LogP contribution in [0.15, 0.2) is 48.5 Å². The van der Waals surface area contributed by atoms with Crippen molar-refractivity contribution >= 4 is 49.8 Å². The molecule has 2 aliphatic rings. The van der Waals surface area contributed by atoms with Crippen molar-refractivity contribution in [1.82, 2.24) is 14.4 Å². The fraction of sp³-hybridized carbons (Fsp3) is 0.448. The van der Waals surface area contributed by atoms with Gasteiger partial charge in [0.25, 0.3) is 0 Å². The number of hydrogen-bond donors (Lipinski definition) is 0. The standard InChI is InChI=1S/C29H35ClN4O4S/c1-31(2)13-6-10-27(35)32-19-29(20-32)24-8-4-5-9-26(24)34(28(29)36)18-23-17-21-16-22(30)11-12-25(21)33(23)14-7-15-39(3,37)38/h4-5,8-9,11-12,16-17H,6-7,10,13-15,18-20H2,1-3H3. The van der Waals surface area contributed by atoms with Crippen LogP contribution in [-0.4, -0.2) is 80.3 Å². The van der Waals surface area contributed by atoms with Gasteiger partial charge in [-0.1, -0.05) is 29.8 Å². The summed E-state index contributed by atoms with van der Waals surface area (Å²) < 4.78 is 25.6. The third kappa shape index (κ3) is 5.44. The zero-order valence-corrected chi connectivity index (χ0v) is 24.3. The van der Waals surface area contributed by atoms with Crippen LogP contribution in [0.25, 0.3) is 10.9 Å². The van der Waals surface area contributed by atoms with Gasteiger partial charge in [0, 0.05) is 59.6 Å². The highest BCUT2D eigenvalue weighted by Crippen LogP contribution is 2.48. The number of carbonyl (C=O) groups is 2. The summed E-state index contributed by atoms with van der Waals surface area (Å²) in [6.45, 7) is 2.50. The average molecular weight is 571 g/mol. The van der Waals surface area contributed by atoms with E-state index in [2.05, 4.69) is 9.47 Å². The molecule has 0 aliphatic carbocycles. The number of carbonyl (C=O) groups excluding carboxylic acids is 2. The summed E-state index contributed by atoms with van der Waals surface area (Å²) >= 11 is 6.27. The van der Waals surface area contributed by atoms with E-state index in [4.69, 9.17) is 11.6 Å². The second-order valence-corrected chi connectivity index (χ2v) is 13.8. The van der Waals surface area contributed by atoms with E-state index < -0.39 is 15.3 Å². The van der Waals surface area contributed by atoms with Crippen molar-refractivity contribution in [1.29, 1.82) is 0 Å². The van der Waals surface area contributed by atoms with Crippen LogP contribution in [0.5, 0.6) is 0 Å². The molecule has 1 saturated heterocycles. The molecule has 3 heterocycles. The molecule has 0 bridgehead atoms. The number of nitrogens with zero attached hydrogens (tertiary/aromatic N) is 4. The molecule has 0 radical (unpaired) electrons. The largest absolute Gasteiger partial charge is 0.343 e. The quantitative estimate of drug-likeness (QED) is 0.371. The highest BCUT2D eigenvalue weighted by Gasteiger charge is 2.58. The summed E-state index contributed by atoms with van der Waals surface area (Å²) in [5, 5.41) is 1.57. The van der Waals surface area contributed by atoms with Crippen molar-refractivity contribution in [2.45, 2.75) is 37.8 Å². The summed E-state index contributed by atoms with van der Waals surface area (Å²) in [6.07, 6.45) is 2.98. The van der Waals surface area contributed by atoms with Gasteiger partial charge in [-0.2, -0.15) is 0 Å². The molecule has 2 amide bonds. The van der Waals surface area contributed by atoms with Crippen LogP contribution in [-0.2, 0) is 37.9 Å². The Bertz CT molecular complexity index is 1530. The van der Waals surface area contributed by atoms with E-state index in [1.54, 1.807) is 4.90 Å². The minimum Gasteiger partial charge on any atom is -0.343 e. The first-order valence-corrected chi connectivity index (χ1v) is 15.7. The lowest BCUT2D eigenvalue weighted by molar-refractivity contribution is -0.144. The van der Waals surface area contributed by atoms with Crippen LogP contribution in [0.3, 0.4) is 0 Å². The molecule has 0 atom stereocenters. The Hall–Kier alpha value is -2.88. The third-order valence-corrected chi connectivity index (χ3v) is 9.07. The van der Waals surface area contributed by atoms with E-state index in [0.29, 0.717) is 44.0 Å². The number of benzene rings is 2. The van der Waals surface area contributed by atoms with Gasteiger partial charge in [-0.05, 0) is 69.4 Å². The van der Waals surface area contributed by atoms with Gasteiger partial charge in [-0.3, -0.25) is 9.59 Å². The lowest BCUT2D eigenvalue weighted by Gasteiger charge is -2.47. The highest BCUT2D eigenvalue weighted by atomic mass is 35.5. The van der Waals surface area contributed by atoms with Gasteiger partial charge >= 0.3 is 0 Å². The summed E-state index contributed by atoms with van der Waals surface area (Å²) in [5.41, 5.74) is 2.99. The zero-order chi connectivity index (χ0) is 27.9. The van der Waals surface area contributed by atoms with Gasteiger partial charge in [-0.25, -0.2) is 8.42 Å². The monoisotopic (exact) mass is 570 g/mol. The van der Waals surface area contributed by atoms with E-state index in [1.165, 1.54) is 6.26 Å². The molecule has 2 aliphatic heterocycles. The van der Waals surface area contributed by atoms with Crippen LogP contribution >= 0.6 is 11.6 Å². The SMILES string of the molecule is CN(C)CCCC(=O)N1CC2(C1)C(=O)N(Cc1cc3cc(Cl)ccc3n1CCCS(C)(=O)=O)c1ccccc12. The Morgan fingerprint density at radius 2 is 1.82 bits per heavy atom. The number of para-hydroxylation sites is 1. The van der Waals surface area contributed by atoms with Crippen LogP contribution in [0.2, 0.25) is 5.02 Å². The van der Waals surface area contributed by atoms with E-state index in [9.17, 15) is 18.0 Å². The number of anilines is 1. The maximum atomic E-state index is 14.0. The second-order valence-electron chi connectivity index (χ2n) is 11.1. The van der Waals surface area contributed by atoms with Crippen LogP contribution < -0.4 is 4.90 Å². The zero-order valence-electron chi connectivity index (χ0n) is 22.7. The number of aromatic nitrogens is 1. The van der Waals surface area contributed by atoms with Crippen LogP contribution in [0.1, 0.15) is 30.5 Å². The number of rotatable bonds is 10. The van der Waals surface area contributed by atoms with Gasteiger partial charge in [0.1, 0.15) is 15.3 Å².